The van der Waals surface area contributed by atoms with E-state index in [0.29, 0.717) is 17.5 Å². The summed E-state index contributed by atoms with van der Waals surface area (Å²) in [7, 11) is 1.58. The number of aromatic nitrogens is 2. The van der Waals surface area contributed by atoms with Crippen molar-refractivity contribution in [1.29, 1.82) is 0 Å². The topological polar surface area (TPSA) is 92.9 Å². The van der Waals surface area contributed by atoms with Crippen molar-refractivity contribution in [1.82, 2.24) is 15.3 Å². The molecule has 1 heterocycles. The number of nitrogens with zero attached hydrogens (tertiary/aromatic N) is 2. The molecular formula is C10H17N5O. The molecule has 0 spiro atoms. The van der Waals surface area contributed by atoms with E-state index in [4.69, 9.17) is 5.73 Å². The van der Waals surface area contributed by atoms with Gasteiger partial charge in [-0.05, 0) is 0 Å². The molecule has 0 aliphatic rings. The number of amides is 1. The number of nitrogen functional groups attached to an aromatic ring is 1. The molecule has 0 unspecified atom stereocenters. The first kappa shape index (κ1) is 12.2. The van der Waals surface area contributed by atoms with Crippen LogP contribution in [0.4, 0.5) is 11.6 Å². The number of hydrogen-bond acceptors (Lipinski definition) is 5. The lowest BCUT2D eigenvalue weighted by molar-refractivity contribution is -0.118. The van der Waals surface area contributed by atoms with Gasteiger partial charge in [0, 0.05) is 19.0 Å². The first-order valence-electron chi connectivity index (χ1n) is 5.12. The maximum atomic E-state index is 11.0. The Morgan fingerprint density at radius 2 is 2.19 bits per heavy atom. The van der Waals surface area contributed by atoms with E-state index in [1.54, 1.807) is 13.1 Å². The molecule has 0 aliphatic heterocycles. The Bertz CT molecular complexity index is 377. The lowest BCUT2D eigenvalue weighted by Gasteiger charge is -2.09. The molecule has 0 aliphatic carbocycles. The molecule has 0 atom stereocenters. The predicted molar refractivity (Wildman–Crippen MR) is 63.1 cm³/mol. The Kier molecular flexibility index (Phi) is 4.04. The van der Waals surface area contributed by atoms with Crippen molar-refractivity contribution in [3.8, 4) is 0 Å². The molecule has 1 aromatic heterocycles. The summed E-state index contributed by atoms with van der Waals surface area (Å²) in [6, 6.07) is 1.61. The standard InChI is InChI=1S/C10H17N5O/c1-6(2)10-14-7(11)4-8(15-10)13-5-9(16)12-3/h4,6H,5H2,1-3H3,(H,12,16)(H3,11,13,14,15). The summed E-state index contributed by atoms with van der Waals surface area (Å²) in [6.45, 7) is 4.14. The highest BCUT2D eigenvalue weighted by Crippen LogP contribution is 2.14. The molecule has 6 heteroatoms. The van der Waals surface area contributed by atoms with E-state index in [1.165, 1.54) is 0 Å². The van der Waals surface area contributed by atoms with Crippen LogP contribution >= 0.6 is 0 Å². The third-order valence-corrected chi connectivity index (χ3v) is 1.99. The minimum atomic E-state index is -0.108. The number of nitrogens with one attached hydrogen (secondary N) is 2. The van der Waals surface area contributed by atoms with Crippen molar-refractivity contribution in [2.75, 3.05) is 24.6 Å². The van der Waals surface area contributed by atoms with Crippen molar-refractivity contribution in [3.63, 3.8) is 0 Å². The summed E-state index contributed by atoms with van der Waals surface area (Å²) in [5.41, 5.74) is 5.64. The second kappa shape index (κ2) is 5.29. The van der Waals surface area contributed by atoms with Crippen LogP contribution in [0.5, 0.6) is 0 Å². The minimum absolute atomic E-state index is 0.108. The van der Waals surface area contributed by atoms with Crippen molar-refractivity contribution >= 4 is 17.5 Å². The Labute approximate surface area is 94.7 Å². The van der Waals surface area contributed by atoms with Crippen molar-refractivity contribution in [2.45, 2.75) is 19.8 Å². The van der Waals surface area contributed by atoms with E-state index in [9.17, 15) is 4.79 Å². The maximum Gasteiger partial charge on any atom is 0.239 e. The molecular weight excluding hydrogens is 206 g/mol. The average Bonchev–Trinajstić information content (AvgIpc) is 2.25. The van der Waals surface area contributed by atoms with E-state index < -0.39 is 0 Å². The van der Waals surface area contributed by atoms with Crippen LogP contribution in [0.25, 0.3) is 0 Å². The quantitative estimate of drug-likeness (QED) is 0.684. The van der Waals surface area contributed by atoms with Gasteiger partial charge in [-0.3, -0.25) is 4.79 Å². The van der Waals surface area contributed by atoms with Gasteiger partial charge in [0.05, 0.1) is 6.54 Å². The van der Waals surface area contributed by atoms with E-state index in [1.807, 2.05) is 13.8 Å². The average molecular weight is 223 g/mol. The van der Waals surface area contributed by atoms with Gasteiger partial charge in [-0.15, -0.1) is 0 Å². The van der Waals surface area contributed by atoms with E-state index in [-0.39, 0.29) is 18.4 Å². The van der Waals surface area contributed by atoms with Gasteiger partial charge in [0.25, 0.3) is 0 Å². The van der Waals surface area contributed by atoms with Crippen LogP contribution in [0.15, 0.2) is 6.07 Å². The largest absolute Gasteiger partial charge is 0.384 e. The van der Waals surface area contributed by atoms with Crippen LogP contribution in [-0.4, -0.2) is 29.5 Å². The zero-order chi connectivity index (χ0) is 12.1. The third kappa shape index (κ3) is 3.38. The molecule has 0 fully saturated rings. The fourth-order valence-electron chi connectivity index (χ4n) is 1.09. The van der Waals surface area contributed by atoms with Gasteiger partial charge in [0.15, 0.2) is 0 Å². The zero-order valence-electron chi connectivity index (χ0n) is 9.74. The highest BCUT2D eigenvalue weighted by atomic mass is 16.1. The van der Waals surface area contributed by atoms with Gasteiger partial charge in [-0.1, -0.05) is 13.8 Å². The van der Waals surface area contributed by atoms with Gasteiger partial charge in [-0.25, -0.2) is 9.97 Å². The van der Waals surface area contributed by atoms with Crippen LogP contribution in [0.3, 0.4) is 0 Å². The Morgan fingerprint density at radius 3 is 2.75 bits per heavy atom. The number of carbonyl (C=O) groups is 1. The van der Waals surface area contributed by atoms with Crippen molar-refractivity contribution in [3.05, 3.63) is 11.9 Å². The minimum Gasteiger partial charge on any atom is -0.384 e. The molecule has 0 aromatic carbocycles. The monoisotopic (exact) mass is 223 g/mol. The van der Waals surface area contributed by atoms with Crippen LogP contribution in [0.1, 0.15) is 25.6 Å². The molecule has 1 rings (SSSR count). The van der Waals surface area contributed by atoms with Gasteiger partial charge in [0.2, 0.25) is 5.91 Å². The first-order valence-corrected chi connectivity index (χ1v) is 5.12. The number of anilines is 2. The van der Waals surface area contributed by atoms with Crippen LogP contribution in [0, 0.1) is 0 Å². The molecule has 16 heavy (non-hydrogen) atoms. The summed E-state index contributed by atoms with van der Waals surface area (Å²) < 4.78 is 0. The summed E-state index contributed by atoms with van der Waals surface area (Å²) in [5, 5.41) is 5.40. The smallest absolute Gasteiger partial charge is 0.239 e. The SMILES string of the molecule is CNC(=O)CNc1cc(N)nc(C(C)C)n1. The number of carbonyl (C=O) groups excluding carboxylic acids is 1. The Morgan fingerprint density at radius 1 is 1.50 bits per heavy atom. The second-order valence-corrected chi connectivity index (χ2v) is 3.72. The fourth-order valence-corrected chi connectivity index (χ4v) is 1.09. The zero-order valence-corrected chi connectivity index (χ0v) is 9.74. The highest BCUT2D eigenvalue weighted by molar-refractivity contribution is 5.80. The lowest BCUT2D eigenvalue weighted by atomic mass is 10.2. The second-order valence-electron chi connectivity index (χ2n) is 3.72. The number of likely N-dealkylation sites (N-methyl/N-ethyl adjacent to an activating group) is 1. The highest BCUT2D eigenvalue weighted by Gasteiger charge is 2.07. The number of hydrogen-bond donors (Lipinski definition) is 3. The van der Waals surface area contributed by atoms with Gasteiger partial charge >= 0.3 is 0 Å². The molecule has 6 nitrogen and oxygen atoms in total. The molecule has 0 radical (unpaired) electrons. The summed E-state index contributed by atoms with van der Waals surface area (Å²) in [5.74, 6) is 1.73. The van der Waals surface area contributed by atoms with Crippen LogP contribution in [-0.2, 0) is 4.79 Å². The molecule has 1 aromatic rings. The first-order chi connectivity index (χ1) is 7.52. The molecule has 0 saturated carbocycles. The molecule has 4 N–H and O–H groups in total. The normalized spacial score (nSPS) is 10.2. The van der Waals surface area contributed by atoms with Gasteiger partial charge in [0.1, 0.15) is 17.5 Å². The summed E-state index contributed by atoms with van der Waals surface area (Å²) >= 11 is 0. The summed E-state index contributed by atoms with van der Waals surface area (Å²) in [6.07, 6.45) is 0. The lowest BCUT2D eigenvalue weighted by Crippen LogP contribution is -2.26. The van der Waals surface area contributed by atoms with Gasteiger partial charge < -0.3 is 16.4 Å². The van der Waals surface area contributed by atoms with Crippen LogP contribution < -0.4 is 16.4 Å². The molecule has 88 valence electrons. The molecule has 0 bridgehead atoms. The molecule has 1 amide bonds. The van der Waals surface area contributed by atoms with E-state index in [0.717, 1.165) is 0 Å². The Hall–Kier alpha value is -1.85. The molecule has 0 saturated heterocycles. The Balaban J connectivity index is 2.76. The van der Waals surface area contributed by atoms with E-state index in [2.05, 4.69) is 20.6 Å². The third-order valence-electron chi connectivity index (χ3n) is 1.99. The predicted octanol–water partition coefficient (Wildman–Crippen LogP) is 0.340. The van der Waals surface area contributed by atoms with Crippen LogP contribution in [0.2, 0.25) is 0 Å². The number of rotatable bonds is 4. The van der Waals surface area contributed by atoms with Crippen molar-refractivity contribution < 1.29 is 4.79 Å². The summed E-state index contributed by atoms with van der Waals surface area (Å²) in [4.78, 5) is 19.4. The van der Waals surface area contributed by atoms with Crippen molar-refractivity contribution in [2.24, 2.45) is 0 Å². The van der Waals surface area contributed by atoms with Gasteiger partial charge in [-0.2, -0.15) is 0 Å². The van der Waals surface area contributed by atoms with E-state index >= 15 is 0 Å². The maximum absolute atomic E-state index is 11.0. The number of nitrogens with two attached hydrogens (primary N) is 1. The fraction of sp³-hybridized carbons (Fsp3) is 0.500.